The quantitative estimate of drug-likeness (QED) is 0.646. The zero-order valence-electron chi connectivity index (χ0n) is 8.49. The van der Waals surface area contributed by atoms with E-state index >= 15 is 0 Å². The summed E-state index contributed by atoms with van der Waals surface area (Å²) >= 11 is 0. The molecule has 9 heteroatoms. The first-order valence-electron chi connectivity index (χ1n) is 4.56. The number of aromatic nitrogens is 5. The van der Waals surface area contributed by atoms with Crippen molar-refractivity contribution >= 4 is 17.7 Å². The van der Waals surface area contributed by atoms with E-state index < -0.39 is 5.97 Å². The number of hydrogen-bond donors (Lipinski definition) is 3. The molecule has 2 aromatic rings. The first kappa shape index (κ1) is 10.8. The number of amides is 1. The van der Waals surface area contributed by atoms with Crippen molar-refractivity contribution < 1.29 is 14.7 Å². The van der Waals surface area contributed by atoms with Gasteiger partial charge in [-0.2, -0.15) is 10.2 Å². The van der Waals surface area contributed by atoms with Crippen LogP contribution in [0, 0.1) is 0 Å². The molecule has 1 amide bonds. The van der Waals surface area contributed by atoms with Gasteiger partial charge in [-0.05, 0) is 0 Å². The summed E-state index contributed by atoms with van der Waals surface area (Å²) < 4.78 is 1.33. The third-order valence-corrected chi connectivity index (χ3v) is 1.85. The Morgan fingerprint density at radius 3 is 2.94 bits per heavy atom. The monoisotopic (exact) mass is 236 g/mol. The molecule has 0 radical (unpaired) electrons. The van der Waals surface area contributed by atoms with E-state index in [9.17, 15) is 9.59 Å². The maximum atomic E-state index is 11.5. The lowest BCUT2D eigenvalue weighted by molar-refractivity contribution is -0.116. The number of carboxylic acids is 1. The highest BCUT2D eigenvalue weighted by atomic mass is 16.4. The zero-order chi connectivity index (χ0) is 12.3. The standard InChI is InChI=1S/C8H8N6O3/c15-7(2-14-4-9-3-10-14)11-6-1-5(8(16)17)12-13-6/h1,3-4H,2H2,(H,16,17)(H2,11,12,13,15). The van der Waals surface area contributed by atoms with Gasteiger partial charge in [-0.25, -0.2) is 14.5 Å². The van der Waals surface area contributed by atoms with Crippen LogP contribution in [0.4, 0.5) is 5.82 Å². The molecule has 0 bridgehead atoms. The van der Waals surface area contributed by atoms with E-state index in [0.717, 1.165) is 0 Å². The van der Waals surface area contributed by atoms with Gasteiger partial charge in [0.15, 0.2) is 5.82 Å². The third-order valence-electron chi connectivity index (χ3n) is 1.85. The third kappa shape index (κ3) is 2.65. The molecule has 17 heavy (non-hydrogen) atoms. The van der Waals surface area contributed by atoms with Crippen LogP contribution in [-0.2, 0) is 11.3 Å². The maximum absolute atomic E-state index is 11.5. The molecule has 0 unspecified atom stereocenters. The highest BCUT2D eigenvalue weighted by molar-refractivity contribution is 5.91. The summed E-state index contributed by atoms with van der Waals surface area (Å²) in [5.74, 6) is -1.37. The first-order chi connectivity index (χ1) is 8.15. The lowest BCUT2D eigenvalue weighted by Crippen LogP contribution is -2.19. The van der Waals surface area contributed by atoms with E-state index in [4.69, 9.17) is 5.11 Å². The molecule has 0 saturated carbocycles. The molecule has 0 saturated heterocycles. The highest BCUT2D eigenvalue weighted by Gasteiger charge is 2.10. The Kier molecular flexibility index (Phi) is 2.81. The molecule has 88 valence electrons. The summed E-state index contributed by atoms with van der Waals surface area (Å²) in [6.45, 7) is -0.0186. The summed E-state index contributed by atoms with van der Waals surface area (Å²) in [5.41, 5.74) is -0.0962. The Balaban J connectivity index is 1.96. The molecule has 9 nitrogen and oxygen atoms in total. The van der Waals surface area contributed by atoms with Gasteiger partial charge in [-0.15, -0.1) is 0 Å². The molecule has 0 atom stereocenters. The van der Waals surface area contributed by atoms with Crippen molar-refractivity contribution in [3.63, 3.8) is 0 Å². The zero-order valence-corrected chi connectivity index (χ0v) is 8.49. The fraction of sp³-hybridized carbons (Fsp3) is 0.125. The summed E-state index contributed by atoms with van der Waals surface area (Å²) in [7, 11) is 0. The topological polar surface area (TPSA) is 126 Å². The van der Waals surface area contributed by atoms with Gasteiger partial charge in [0, 0.05) is 6.07 Å². The van der Waals surface area contributed by atoms with Crippen molar-refractivity contribution in [1.29, 1.82) is 0 Å². The molecular formula is C8H8N6O3. The number of nitrogens with one attached hydrogen (secondary N) is 2. The van der Waals surface area contributed by atoms with Crippen LogP contribution < -0.4 is 5.32 Å². The smallest absolute Gasteiger partial charge is 0.353 e. The summed E-state index contributed by atoms with van der Waals surface area (Å²) in [6, 6.07) is 1.22. The lowest BCUT2D eigenvalue weighted by atomic mass is 10.4. The normalized spacial score (nSPS) is 10.1. The molecule has 0 aliphatic heterocycles. The van der Waals surface area contributed by atoms with Gasteiger partial charge in [0.25, 0.3) is 0 Å². The highest BCUT2D eigenvalue weighted by Crippen LogP contribution is 2.04. The van der Waals surface area contributed by atoms with E-state index in [1.807, 2.05) is 0 Å². The van der Waals surface area contributed by atoms with Crippen LogP contribution in [0.3, 0.4) is 0 Å². The number of H-pyrrole nitrogens is 1. The van der Waals surface area contributed by atoms with Crippen LogP contribution >= 0.6 is 0 Å². The fourth-order valence-corrected chi connectivity index (χ4v) is 1.14. The van der Waals surface area contributed by atoms with Crippen molar-refractivity contribution in [3.8, 4) is 0 Å². The van der Waals surface area contributed by atoms with Gasteiger partial charge in [0.2, 0.25) is 5.91 Å². The number of carbonyl (C=O) groups is 2. The minimum Gasteiger partial charge on any atom is -0.477 e. The van der Waals surface area contributed by atoms with Crippen LogP contribution in [0.15, 0.2) is 18.7 Å². The van der Waals surface area contributed by atoms with Gasteiger partial charge < -0.3 is 10.4 Å². The largest absolute Gasteiger partial charge is 0.477 e. The van der Waals surface area contributed by atoms with Crippen molar-refractivity contribution in [2.75, 3.05) is 5.32 Å². The van der Waals surface area contributed by atoms with E-state index in [2.05, 4.69) is 25.6 Å². The van der Waals surface area contributed by atoms with Crippen molar-refractivity contribution in [1.82, 2.24) is 25.0 Å². The van der Waals surface area contributed by atoms with Crippen LogP contribution in [0.25, 0.3) is 0 Å². The maximum Gasteiger partial charge on any atom is 0.353 e. The van der Waals surface area contributed by atoms with Gasteiger partial charge in [-0.1, -0.05) is 0 Å². The minimum absolute atomic E-state index is 0.0186. The van der Waals surface area contributed by atoms with Gasteiger partial charge in [-0.3, -0.25) is 9.89 Å². The van der Waals surface area contributed by atoms with Gasteiger partial charge in [0.05, 0.1) is 0 Å². The predicted molar refractivity (Wildman–Crippen MR) is 54.2 cm³/mol. The summed E-state index contributed by atoms with van der Waals surface area (Å²) in [4.78, 5) is 25.7. The van der Waals surface area contributed by atoms with Crippen LogP contribution in [-0.4, -0.2) is 41.9 Å². The SMILES string of the molecule is O=C(Cn1cncn1)Nc1cc(C(=O)O)[nH]n1. The average molecular weight is 236 g/mol. The minimum atomic E-state index is -1.14. The van der Waals surface area contributed by atoms with Gasteiger partial charge in [0.1, 0.15) is 24.9 Å². The first-order valence-corrected chi connectivity index (χ1v) is 4.56. The molecule has 2 heterocycles. The number of anilines is 1. The molecule has 0 fully saturated rings. The molecule has 0 spiro atoms. The number of carbonyl (C=O) groups excluding carboxylic acids is 1. The molecule has 3 N–H and O–H groups in total. The number of carboxylic acid groups (broad SMARTS) is 1. The Bertz CT molecular complexity index is 531. The van der Waals surface area contributed by atoms with E-state index in [0.29, 0.717) is 0 Å². The molecule has 0 aliphatic rings. The Morgan fingerprint density at radius 1 is 1.53 bits per heavy atom. The van der Waals surface area contributed by atoms with Gasteiger partial charge >= 0.3 is 5.97 Å². The second-order valence-electron chi connectivity index (χ2n) is 3.11. The summed E-state index contributed by atoms with van der Waals surface area (Å²) in [6.07, 6.45) is 2.71. The molecular weight excluding hydrogens is 228 g/mol. The predicted octanol–water partition coefficient (Wildman–Crippen LogP) is -0.662. The molecule has 0 aromatic carbocycles. The van der Waals surface area contributed by atoms with Crippen molar-refractivity contribution in [2.24, 2.45) is 0 Å². The fourth-order valence-electron chi connectivity index (χ4n) is 1.14. The van der Waals surface area contributed by atoms with Crippen LogP contribution in [0.5, 0.6) is 0 Å². The second-order valence-corrected chi connectivity index (χ2v) is 3.11. The lowest BCUT2D eigenvalue weighted by Gasteiger charge is -2.00. The number of rotatable bonds is 4. The van der Waals surface area contributed by atoms with Crippen molar-refractivity contribution in [3.05, 3.63) is 24.4 Å². The van der Waals surface area contributed by atoms with Crippen molar-refractivity contribution in [2.45, 2.75) is 6.54 Å². The summed E-state index contributed by atoms with van der Waals surface area (Å²) in [5, 5.41) is 20.7. The molecule has 0 aliphatic carbocycles. The molecule has 2 aromatic heterocycles. The van der Waals surface area contributed by atoms with E-state index in [-0.39, 0.29) is 24.0 Å². The Hall–Kier alpha value is -2.71. The van der Waals surface area contributed by atoms with E-state index in [1.165, 1.54) is 23.4 Å². The number of hydrogen-bond acceptors (Lipinski definition) is 5. The second kappa shape index (κ2) is 4.43. The Labute approximate surface area is 94.5 Å². The number of aromatic carboxylic acids is 1. The van der Waals surface area contributed by atoms with E-state index in [1.54, 1.807) is 0 Å². The number of aromatic amines is 1. The van der Waals surface area contributed by atoms with Crippen LogP contribution in [0.1, 0.15) is 10.5 Å². The van der Waals surface area contributed by atoms with Crippen LogP contribution in [0.2, 0.25) is 0 Å². The Morgan fingerprint density at radius 2 is 2.35 bits per heavy atom. The molecule has 2 rings (SSSR count). The average Bonchev–Trinajstić information content (AvgIpc) is 2.88. The number of nitrogens with zero attached hydrogens (tertiary/aromatic N) is 4.